The van der Waals surface area contributed by atoms with E-state index in [9.17, 15) is 4.79 Å². The minimum absolute atomic E-state index is 0.0456. The second kappa shape index (κ2) is 7.16. The zero-order valence-electron chi connectivity index (χ0n) is 13.3. The van der Waals surface area contributed by atoms with Gasteiger partial charge >= 0.3 is 0 Å². The summed E-state index contributed by atoms with van der Waals surface area (Å²) in [5.74, 6) is 0.0456. The van der Waals surface area contributed by atoms with Crippen molar-refractivity contribution in [2.75, 3.05) is 6.54 Å². The molecule has 0 bridgehead atoms. The fraction of sp³-hybridized carbons (Fsp3) is 0.316. The van der Waals surface area contributed by atoms with Gasteiger partial charge in [-0.25, -0.2) is 0 Å². The molecule has 1 atom stereocenters. The van der Waals surface area contributed by atoms with E-state index in [0.29, 0.717) is 11.6 Å². The minimum Gasteiger partial charge on any atom is -0.351 e. The zero-order valence-corrected chi connectivity index (χ0v) is 14.0. The van der Waals surface area contributed by atoms with Gasteiger partial charge in [0.1, 0.15) is 0 Å². The predicted octanol–water partition coefficient (Wildman–Crippen LogP) is 3.40. The summed E-state index contributed by atoms with van der Waals surface area (Å²) in [6.45, 7) is 4.18. The van der Waals surface area contributed by atoms with Crippen LogP contribution in [-0.2, 0) is 24.3 Å². The highest BCUT2D eigenvalue weighted by Crippen LogP contribution is 2.20. The lowest BCUT2D eigenvalue weighted by Gasteiger charge is -2.32. The molecule has 0 radical (unpaired) electrons. The summed E-state index contributed by atoms with van der Waals surface area (Å²) >= 11 is 6.13. The van der Waals surface area contributed by atoms with E-state index < -0.39 is 0 Å². The topological polar surface area (TPSA) is 32.3 Å². The number of benzene rings is 2. The number of hydrogen-bond acceptors (Lipinski definition) is 2. The molecular weight excluding hydrogens is 308 g/mol. The molecule has 1 aliphatic rings. The Kier molecular flexibility index (Phi) is 4.99. The fourth-order valence-electron chi connectivity index (χ4n) is 2.99. The molecule has 23 heavy (non-hydrogen) atoms. The Bertz CT molecular complexity index is 701. The SMILES string of the molecule is C[C@H](C(=O)NCc1ccccc1Cl)N1CCc2ccccc2C1. The van der Waals surface area contributed by atoms with Gasteiger partial charge in [0.25, 0.3) is 0 Å². The highest BCUT2D eigenvalue weighted by Gasteiger charge is 2.24. The number of hydrogen-bond donors (Lipinski definition) is 1. The van der Waals surface area contributed by atoms with Gasteiger partial charge < -0.3 is 5.32 Å². The third-order valence-corrected chi connectivity index (χ3v) is 4.87. The van der Waals surface area contributed by atoms with E-state index in [0.717, 1.165) is 25.1 Å². The van der Waals surface area contributed by atoms with Gasteiger partial charge in [-0.2, -0.15) is 0 Å². The quantitative estimate of drug-likeness (QED) is 0.933. The molecule has 2 aromatic rings. The van der Waals surface area contributed by atoms with Gasteiger partial charge in [0.15, 0.2) is 0 Å². The smallest absolute Gasteiger partial charge is 0.237 e. The summed E-state index contributed by atoms with van der Waals surface area (Å²) in [7, 11) is 0. The summed E-state index contributed by atoms with van der Waals surface area (Å²) in [6.07, 6.45) is 0.998. The number of rotatable bonds is 4. The van der Waals surface area contributed by atoms with Crippen LogP contribution in [0.2, 0.25) is 5.02 Å². The molecule has 1 aliphatic heterocycles. The molecule has 3 rings (SSSR count). The standard InChI is InChI=1S/C19H21ClN2O/c1-14(19(23)21-12-16-7-4-5-9-18(16)20)22-11-10-15-6-2-3-8-17(15)13-22/h2-9,14H,10-13H2,1H3,(H,21,23)/t14-/m1/s1. The molecule has 0 aromatic heterocycles. The maximum Gasteiger partial charge on any atom is 0.237 e. The number of carbonyl (C=O) groups is 1. The number of amides is 1. The number of fused-ring (bicyclic) bond motifs is 1. The van der Waals surface area contributed by atoms with E-state index >= 15 is 0 Å². The largest absolute Gasteiger partial charge is 0.351 e. The summed E-state index contributed by atoms with van der Waals surface area (Å²) in [6, 6.07) is 15.9. The molecular formula is C19H21ClN2O. The molecule has 0 unspecified atom stereocenters. The number of carbonyl (C=O) groups excluding carboxylic acids is 1. The second-order valence-electron chi connectivity index (χ2n) is 5.97. The average Bonchev–Trinajstić information content (AvgIpc) is 2.59. The lowest BCUT2D eigenvalue weighted by molar-refractivity contribution is -0.126. The number of halogens is 1. The first-order chi connectivity index (χ1) is 11.1. The molecule has 1 amide bonds. The lowest BCUT2D eigenvalue weighted by Crippen LogP contribution is -2.46. The van der Waals surface area contributed by atoms with Crippen molar-refractivity contribution in [3.8, 4) is 0 Å². The predicted molar refractivity (Wildman–Crippen MR) is 93.3 cm³/mol. The zero-order chi connectivity index (χ0) is 16.2. The lowest BCUT2D eigenvalue weighted by atomic mass is 9.99. The molecule has 0 aliphatic carbocycles. The highest BCUT2D eigenvalue weighted by molar-refractivity contribution is 6.31. The minimum atomic E-state index is -0.147. The van der Waals surface area contributed by atoms with Crippen molar-refractivity contribution >= 4 is 17.5 Å². The van der Waals surface area contributed by atoms with Crippen LogP contribution in [-0.4, -0.2) is 23.4 Å². The Labute approximate surface area is 142 Å². The summed E-state index contributed by atoms with van der Waals surface area (Å²) in [5.41, 5.74) is 3.66. The van der Waals surface area contributed by atoms with E-state index in [1.807, 2.05) is 31.2 Å². The molecule has 0 saturated carbocycles. The Balaban J connectivity index is 1.59. The normalized spacial score (nSPS) is 15.7. The van der Waals surface area contributed by atoms with Crippen LogP contribution in [0.1, 0.15) is 23.6 Å². The van der Waals surface area contributed by atoms with Crippen molar-refractivity contribution in [1.82, 2.24) is 10.2 Å². The van der Waals surface area contributed by atoms with Gasteiger partial charge in [-0.05, 0) is 36.1 Å². The van der Waals surface area contributed by atoms with Crippen molar-refractivity contribution in [1.29, 1.82) is 0 Å². The molecule has 0 saturated heterocycles. The van der Waals surface area contributed by atoms with E-state index in [1.54, 1.807) is 0 Å². The summed E-state index contributed by atoms with van der Waals surface area (Å²) in [4.78, 5) is 14.7. The molecule has 4 heteroatoms. The van der Waals surface area contributed by atoms with Crippen LogP contribution in [0, 0.1) is 0 Å². The summed E-state index contributed by atoms with van der Waals surface area (Å²) < 4.78 is 0. The molecule has 3 nitrogen and oxygen atoms in total. The molecule has 1 N–H and O–H groups in total. The van der Waals surface area contributed by atoms with Crippen LogP contribution < -0.4 is 5.32 Å². The van der Waals surface area contributed by atoms with E-state index in [-0.39, 0.29) is 11.9 Å². The van der Waals surface area contributed by atoms with Crippen molar-refractivity contribution in [2.24, 2.45) is 0 Å². The van der Waals surface area contributed by atoms with Gasteiger partial charge in [0, 0.05) is 24.7 Å². The molecule has 1 heterocycles. The van der Waals surface area contributed by atoms with E-state index in [4.69, 9.17) is 11.6 Å². The van der Waals surface area contributed by atoms with Gasteiger partial charge in [-0.3, -0.25) is 9.69 Å². The van der Waals surface area contributed by atoms with Crippen LogP contribution in [0.5, 0.6) is 0 Å². The monoisotopic (exact) mass is 328 g/mol. The highest BCUT2D eigenvalue weighted by atomic mass is 35.5. The fourth-order valence-corrected chi connectivity index (χ4v) is 3.19. The van der Waals surface area contributed by atoms with Gasteiger partial charge in [-0.1, -0.05) is 54.1 Å². The van der Waals surface area contributed by atoms with Crippen LogP contribution in [0.3, 0.4) is 0 Å². The van der Waals surface area contributed by atoms with E-state index in [1.165, 1.54) is 11.1 Å². The molecule has 0 spiro atoms. The third kappa shape index (κ3) is 3.74. The van der Waals surface area contributed by atoms with E-state index in [2.05, 4.69) is 34.5 Å². The molecule has 120 valence electrons. The van der Waals surface area contributed by atoms with Gasteiger partial charge in [-0.15, -0.1) is 0 Å². The van der Waals surface area contributed by atoms with Crippen molar-refractivity contribution in [3.63, 3.8) is 0 Å². The molecule has 0 fully saturated rings. The first-order valence-electron chi connectivity index (χ1n) is 7.97. The third-order valence-electron chi connectivity index (χ3n) is 4.50. The van der Waals surface area contributed by atoms with Crippen molar-refractivity contribution in [3.05, 3.63) is 70.2 Å². The Morgan fingerprint density at radius 1 is 1.17 bits per heavy atom. The van der Waals surface area contributed by atoms with Crippen LogP contribution in [0.25, 0.3) is 0 Å². The van der Waals surface area contributed by atoms with Crippen LogP contribution in [0.15, 0.2) is 48.5 Å². The molecule has 2 aromatic carbocycles. The number of nitrogens with zero attached hydrogens (tertiary/aromatic N) is 1. The van der Waals surface area contributed by atoms with Crippen molar-refractivity contribution in [2.45, 2.75) is 32.5 Å². The Hall–Kier alpha value is -1.84. The Morgan fingerprint density at radius 3 is 2.65 bits per heavy atom. The van der Waals surface area contributed by atoms with Gasteiger partial charge in [0.05, 0.1) is 6.04 Å². The second-order valence-corrected chi connectivity index (χ2v) is 6.38. The summed E-state index contributed by atoms with van der Waals surface area (Å²) in [5, 5.41) is 3.68. The maximum atomic E-state index is 12.4. The average molecular weight is 329 g/mol. The van der Waals surface area contributed by atoms with Gasteiger partial charge in [0.2, 0.25) is 5.91 Å². The first kappa shape index (κ1) is 16.0. The number of nitrogens with one attached hydrogen (secondary N) is 1. The first-order valence-corrected chi connectivity index (χ1v) is 8.35. The van der Waals surface area contributed by atoms with Crippen molar-refractivity contribution < 1.29 is 4.79 Å². The Morgan fingerprint density at radius 2 is 1.87 bits per heavy atom. The van der Waals surface area contributed by atoms with Crippen LogP contribution >= 0.6 is 11.6 Å². The van der Waals surface area contributed by atoms with Crippen LogP contribution in [0.4, 0.5) is 0 Å². The maximum absolute atomic E-state index is 12.4.